The number of hydrogen-bond acceptors (Lipinski definition) is 3. The number of amides is 1. The highest BCUT2D eigenvalue weighted by atomic mass is 16.5. The number of benzene rings is 1. The first-order valence-electron chi connectivity index (χ1n) is 7.41. The van der Waals surface area contributed by atoms with Gasteiger partial charge in [-0.05, 0) is 37.8 Å². The molecule has 1 heterocycles. The Morgan fingerprint density at radius 3 is 2.90 bits per heavy atom. The summed E-state index contributed by atoms with van der Waals surface area (Å²) in [6, 6.07) is 9.66. The molecule has 0 spiro atoms. The van der Waals surface area contributed by atoms with Gasteiger partial charge in [-0.1, -0.05) is 18.2 Å². The van der Waals surface area contributed by atoms with Crippen LogP contribution in [0.15, 0.2) is 30.3 Å². The van der Waals surface area contributed by atoms with E-state index in [4.69, 9.17) is 9.47 Å². The van der Waals surface area contributed by atoms with Gasteiger partial charge in [-0.15, -0.1) is 0 Å². The molecule has 1 aliphatic heterocycles. The van der Waals surface area contributed by atoms with Crippen LogP contribution in [0.2, 0.25) is 0 Å². The molecule has 1 amide bonds. The second-order valence-corrected chi connectivity index (χ2v) is 5.06. The summed E-state index contributed by atoms with van der Waals surface area (Å²) in [5, 5.41) is 2.93. The van der Waals surface area contributed by atoms with Crippen molar-refractivity contribution in [1.82, 2.24) is 5.32 Å². The van der Waals surface area contributed by atoms with E-state index in [9.17, 15) is 4.79 Å². The van der Waals surface area contributed by atoms with E-state index >= 15 is 0 Å². The molecule has 1 N–H and O–H groups in total. The van der Waals surface area contributed by atoms with E-state index in [-0.39, 0.29) is 12.0 Å². The van der Waals surface area contributed by atoms with Crippen LogP contribution in [0.1, 0.15) is 32.1 Å². The van der Waals surface area contributed by atoms with Crippen LogP contribution < -0.4 is 10.1 Å². The van der Waals surface area contributed by atoms with Gasteiger partial charge in [0.2, 0.25) is 5.91 Å². The molecule has 0 aliphatic carbocycles. The number of carbonyl (C=O) groups excluding carboxylic acids is 1. The van der Waals surface area contributed by atoms with E-state index in [1.807, 2.05) is 30.3 Å². The molecule has 0 unspecified atom stereocenters. The summed E-state index contributed by atoms with van der Waals surface area (Å²) in [5.41, 5.74) is 0. The molecule has 0 radical (unpaired) electrons. The molecule has 1 aromatic carbocycles. The van der Waals surface area contributed by atoms with Gasteiger partial charge in [0.25, 0.3) is 0 Å². The minimum atomic E-state index is 0.0795. The molecule has 0 aromatic heterocycles. The highest BCUT2D eigenvalue weighted by molar-refractivity contribution is 5.75. The van der Waals surface area contributed by atoms with E-state index in [1.54, 1.807) is 0 Å². The van der Waals surface area contributed by atoms with E-state index in [1.165, 1.54) is 6.42 Å². The largest absolute Gasteiger partial charge is 0.494 e. The second kappa shape index (κ2) is 8.59. The third-order valence-electron chi connectivity index (χ3n) is 3.36. The molecule has 4 heteroatoms. The minimum Gasteiger partial charge on any atom is -0.494 e. The quantitative estimate of drug-likeness (QED) is 0.779. The maximum absolute atomic E-state index is 11.7. The van der Waals surface area contributed by atoms with Crippen LogP contribution >= 0.6 is 0 Å². The average Bonchev–Trinajstić information content (AvgIpc) is 2.52. The Hall–Kier alpha value is -1.55. The molecule has 110 valence electrons. The Labute approximate surface area is 120 Å². The topological polar surface area (TPSA) is 47.6 Å². The van der Waals surface area contributed by atoms with Crippen molar-refractivity contribution in [1.29, 1.82) is 0 Å². The van der Waals surface area contributed by atoms with Gasteiger partial charge in [0.05, 0.1) is 12.7 Å². The van der Waals surface area contributed by atoms with Crippen LogP contribution in [0.3, 0.4) is 0 Å². The van der Waals surface area contributed by atoms with Crippen LogP contribution in [0.25, 0.3) is 0 Å². The van der Waals surface area contributed by atoms with E-state index in [2.05, 4.69) is 5.32 Å². The van der Waals surface area contributed by atoms with Crippen molar-refractivity contribution in [2.24, 2.45) is 0 Å². The Morgan fingerprint density at radius 1 is 1.30 bits per heavy atom. The summed E-state index contributed by atoms with van der Waals surface area (Å²) < 4.78 is 11.1. The van der Waals surface area contributed by atoms with Gasteiger partial charge in [0.15, 0.2) is 0 Å². The SMILES string of the molecule is O=C(CCCOc1ccccc1)NC[C@H]1CCCCO1. The zero-order valence-electron chi connectivity index (χ0n) is 11.8. The van der Waals surface area contributed by atoms with E-state index in [0.717, 1.165) is 31.6 Å². The van der Waals surface area contributed by atoms with Gasteiger partial charge >= 0.3 is 0 Å². The zero-order valence-corrected chi connectivity index (χ0v) is 11.8. The van der Waals surface area contributed by atoms with Crippen LogP contribution in [-0.4, -0.2) is 31.8 Å². The monoisotopic (exact) mass is 277 g/mol. The van der Waals surface area contributed by atoms with Crippen molar-refractivity contribution in [3.8, 4) is 5.75 Å². The van der Waals surface area contributed by atoms with Crippen LogP contribution in [0.5, 0.6) is 5.75 Å². The molecule has 1 aliphatic rings. The van der Waals surface area contributed by atoms with E-state index in [0.29, 0.717) is 19.6 Å². The number of nitrogens with one attached hydrogen (secondary N) is 1. The Kier molecular flexibility index (Phi) is 6.38. The molecule has 1 fully saturated rings. The van der Waals surface area contributed by atoms with Crippen LogP contribution in [0, 0.1) is 0 Å². The Morgan fingerprint density at radius 2 is 2.15 bits per heavy atom. The van der Waals surface area contributed by atoms with Crippen LogP contribution in [0.4, 0.5) is 0 Å². The number of rotatable bonds is 7. The molecule has 0 bridgehead atoms. The predicted octanol–water partition coefficient (Wildman–Crippen LogP) is 2.53. The lowest BCUT2D eigenvalue weighted by molar-refractivity contribution is -0.122. The van der Waals surface area contributed by atoms with Crippen molar-refractivity contribution in [2.45, 2.75) is 38.2 Å². The molecular weight excluding hydrogens is 254 g/mol. The maximum atomic E-state index is 11.7. The Balaban J connectivity index is 1.51. The smallest absolute Gasteiger partial charge is 0.220 e. The minimum absolute atomic E-state index is 0.0795. The lowest BCUT2D eigenvalue weighted by Crippen LogP contribution is -2.35. The third-order valence-corrected chi connectivity index (χ3v) is 3.36. The highest BCUT2D eigenvalue weighted by Crippen LogP contribution is 2.12. The van der Waals surface area contributed by atoms with E-state index < -0.39 is 0 Å². The highest BCUT2D eigenvalue weighted by Gasteiger charge is 2.14. The first kappa shape index (κ1) is 14.9. The summed E-state index contributed by atoms with van der Waals surface area (Å²) in [6.45, 7) is 2.03. The summed E-state index contributed by atoms with van der Waals surface area (Å²) in [5.74, 6) is 0.930. The first-order chi connectivity index (χ1) is 9.84. The number of para-hydroxylation sites is 1. The lowest BCUT2D eigenvalue weighted by atomic mass is 10.1. The number of ether oxygens (including phenoxy) is 2. The van der Waals surface area contributed by atoms with Crippen molar-refractivity contribution in [2.75, 3.05) is 19.8 Å². The molecule has 2 rings (SSSR count). The van der Waals surface area contributed by atoms with Crippen molar-refractivity contribution >= 4 is 5.91 Å². The van der Waals surface area contributed by atoms with Gasteiger partial charge < -0.3 is 14.8 Å². The molecule has 1 atom stereocenters. The van der Waals surface area contributed by atoms with Gasteiger partial charge in [0.1, 0.15) is 5.75 Å². The number of hydrogen-bond donors (Lipinski definition) is 1. The van der Waals surface area contributed by atoms with Gasteiger partial charge in [-0.3, -0.25) is 4.79 Å². The van der Waals surface area contributed by atoms with Gasteiger partial charge in [-0.2, -0.15) is 0 Å². The second-order valence-electron chi connectivity index (χ2n) is 5.06. The first-order valence-corrected chi connectivity index (χ1v) is 7.41. The van der Waals surface area contributed by atoms with Crippen LogP contribution in [-0.2, 0) is 9.53 Å². The zero-order chi connectivity index (χ0) is 14.0. The molecule has 0 saturated carbocycles. The fraction of sp³-hybridized carbons (Fsp3) is 0.562. The summed E-state index contributed by atoms with van der Waals surface area (Å²) in [4.78, 5) is 11.7. The molecular formula is C16H23NO3. The van der Waals surface area contributed by atoms with Crippen molar-refractivity contribution in [3.05, 3.63) is 30.3 Å². The molecule has 20 heavy (non-hydrogen) atoms. The summed E-state index contributed by atoms with van der Waals surface area (Å²) in [7, 11) is 0. The lowest BCUT2D eigenvalue weighted by Gasteiger charge is -2.22. The fourth-order valence-corrected chi connectivity index (χ4v) is 2.22. The standard InChI is InChI=1S/C16H23NO3/c18-16(17-13-15-9-4-5-11-20-15)10-6-12-19-14-7-2-1-3-8-14/h1-3,7-8,15H,4-6,9-13H2,(H,17,18)/t15-/m1/s1. The third kappa shape index (κ3) is 5.61. The molecule has 1 aromatic rings. The summed E-state index contributed by atoms with van der Waals surface area (Å²) in [6.07, 6.45) is 4.82. The maximum Gasteiger partial charge on any atom is 0.220 e. The number of carbonyl (C=O) groups is 1. The Bertz CT molecular complexity index is 388. The van der Waals surface area contributed by atoms with Crippen molar-refractivity contribution < 1.29 is 14.3 Å². The summed E-state index contributed by atoms with van der Waals surface area (Å²) >= 11 is 0. The normalized spacial score (nSPS) is 18.5. The van der Waals surface area contributed by atoms with Gasteiger partial charge in [0, 0.05) is 19.6 Å². The predicted molar refractivity (Wildman–Crippen MR) is 77.8 cm³/mol. The average molecular weight is 277 g/mol. The molecule has 4 nitrogen and oxygen atoms in total. The molecule has 1 saturated heterocycles. The van der Waals surface area contributed by atoms with Crippen molar-refractivity contribution in [3.63, 3.8) is 0 Å². The van der Waals surface area contributed by atoms with Gasteiger partial charge in [-0.25, -0.2) is 0 Å². The fourth-order valence-electron chi connectivity index (χ4n) is 2.22.